The van der Waals surface area contributed by atoms with E-state index in [2.05, 4.69) is 34.9 Å². The molecule has 1 amide bonds. The molecule has 0 atom stereocenters. The van der Waals surface area contributed by atoms with Gasteiger partial charge in [-0.2, -0.15) is 0 Å². The van der Waals surface area contributed by atoms with Crippen LogP contribution in [0.4, 0.5) is 0 Å². The Morgan fingerprint density at radius 2 is 1.84 bits per heavy atom. The molecule has 0 saturated carbocycles. The molecule has 0 radical (unpaired) electrons. The van der Waals surface area contributed by atoms with Crippen LogP contribution in [0.1, 0.15) is 31.4 Å². The van der Waals surface area contributed by atoms with E-state index in [0.29, 0.717) is 19.6 Å². The van der Waals surface area contributed by atoms with Crippen molar-refractivity contribution in [1.82, 2.24) is 10.6 Å². The van der Waals surface area contributed by atoms with Gasteiger partial charge in [0.15, 0.2) is 0 Å². The van der Waals surface area contributed by atoms with Crippen molar-refractivity contribution in [3.8, 4) is 0 Å². The van der Waals surface area contributed by atoms with Crippen molar-refractivity contribution >= 4 is 5.91 Å². The SMILES string of the molecule is COCc1ccc(CNCCC(=O)NC(C)C)cc1. The fourth-order valence-electron chi connectivity index (χ4n) is 1.75. The van der Waals surface area contributed by atoms with Crippen LogP contribution in [0.25, 0.3) is 0 Å². The Morgan fingerprint density at radius 1 is 1.21 bits per heavy atom. The summed E-state index contributed by atoms with van der Waals surface area (Å²) in [6, 6.07) is 8.49. The van der Waals surface area contributed by atoms with Crippen LogP contribution in [-0.2, 0) is 22.7 Å². The van der Waals surface area contributed by atoms with Crippen LogP contribution in [0.15, 0.2) is 24.3 Å². The predicted octanol–water partition coefficient (Wildman–Crippen LogP) is 1.84. The van der Waals surface area contributed by atoms with Crippen molar-refractivity contribution in [2.75, 3.05) is 13.7 Å². The van der Waals surface area contributed by atoms with Crippen molar-refractivity contribution < 1.29 is 9.53 Å². The summed E-state index contributed by atoms with van der Waals surface area (Å²) in [4.78, 5) is 11.4. The van der Waals surface area contributed by atoms with Gasteiger partial charge in [0.1, 0.15) is 0 Å². The van der Waals surface area contributed by atoms with Gasteiger partial charge in [-0.25, -0.2) is 0 Å². The first kappa shape index (κ1) is 15.7. The fraction of sp³-hybridized carbons (Fsp3) is 0.533. The van der Waals surface area contributed by atoms with Gasteiger partial charge in [0, 0.05) is 32.7 Å². The third kappa shape index (κ3) is 6.94. The maximum atomic E-state index is 11.4. The van der Waals surface area contributed by atoms with E-state index < -0.39 is 0 Å². The van der Waals surface area contributed by atoms with E-state index in [4.69, 9.17) is 4.74 Å². The van der Waals surface area contributed by atoms with Gasteiger partial charge in [-0.05, 0) is 25.0 Å². The van der Waals surface area contributed by atoms with E-state index in [0.717, 1.165) is 6.54 Å². The van der Waals surface area contributed by atoms with Gasteiger partial charge in [0.25, 0.3) is 0 Å². The average molecular weight is 264 g/mol. The minimum atomic E-state index is 0.0953. The molecule has 0 aliphatic carbocycles. The van der Waals surface area contributed by atoms with Gasteiger partial charge in [-0.1, -0.05) is 24.3 Å². The van der Waals surface area contributed by atoms with Gasteiger partial charge in [-0.3, -0.25) is 4.79 Å². The summed E-state index contributed by atoms with van der Waals surface area (Å²) < 4.78 is 5.06. The van der Waals surface area contributed by atoms with Crippen LogP contribution in [0.3, 0.4) is 0 Å². The molecule has 0 heterocycles. The normalized spacial score (nSPS) is 10.7. The molecule has 2 N–H and O–H groups in total. The van der Waals surface area contributed by atoms with Crippen LogP contribution in [0.2, 0.25) is 0 Å². The van der Waals surface area contributed by atoms with E-state index in [9.17, 15) is 4.79 Å². The number of carbonyl (C=O) groups excluding carboxylic acids is 1. The minimum absolute atomic E-state index is 0.0953. The van der Waals surface area contributed by atoms with Gasteiger partial charge in [0.05, 0.1) is 6.61 Å². The average Bonchev–Trinajstić information content (AvgIpc) is 2.36. The van der Waals surface area contributed by atoms with E-state index in [-0.39, 0.29) is 11.9 Å². The molecule has 4 heteroatoms. The van der Waals surface area contributed by atoms with E-state index in [1.807, 2.05) is 13.8 Å². The zero-order valence-electron chi connectivity index (χ0n) is 12.0. The number of methoxy groups -OCH3 is 1. The minimum Gasteiger partial charge on any atom is -0.380 e. The lowest BCUT2D eigenvalue weighted by Crippen LogP contribution is -2.32. The molecule has 0 fully saturated rings. The predicted molar refractivity (Wildman–Crippen MR) is 76.8 cm³/mol. The molecule has 0 aliphatic heterocycles. The molecule has 0 aromatic heterocycles. The molecule has 0 spiro atoms. The Kier molecular flexibility index (Phi) is 7.15. The Morgan fingerprint density at radius 3 is 2.42 bits per heavy atom. The molecule has 0 aliphatic rings. The van der Waals surface area contributed by atoms with Crippen molar-refractivity contribution in [1.29, 1.82) is 0 Å². The topological polar surface area (TPSA) is 50.4 Å². The summed E-state index contributed by atoms with van der Waals surface area (Å²) in [5.41, 5.74) is 2.38. The van der Waals surface area contributed by atoms with Crippen LogP contribution in [0, 0.1) is 0 Å². The highest BCUT2D eigenvalue weighted by atomic mass is 16.5. The summed E-state index contributed by atoms with van der Waals surface area (Å²) in [6.07, 6.45) is 0.514. The summed E-state index contributed by atoms with van der Waals surface area (Å²) in [7, 11) is 1.69. The van der Waals surface area contributed by atoms with Crippen LogP contribution < -0.4 is 10.6 Å². The van der Waals surface area contributed by atoms with Crippen molar-refractivity contribution in [2.24, 2.45) is 0 Å². The summed E-state index contributed by atoms with van der Waals surface area (Å²) in [6.45, 7) is 6.05. The highest BCUT2D eigenvalue weighted by molar-refractivity contribution is 5.76. The number of benzene rings is 1. The molecule has 106 valence electrons. The first-order chi connectivity index (χ1) is 9.11. The van der Waals surface area contributed by atoms with Gasteiger partial charge in [0.2, 0.25) is 5.91 Å². The number of amides is 1. The first-order valence-electron chi connectivity index (χ1n) is 6.68. The van der Waals surface area contributed by atoms with Crippen molar-refractivity contribution in [3.05, 3.63) is 35.4 Å². The molecule has 19 heavy (non-hydrogen) atoms. The molecule has 0 saturated heterocycles. The highest BCUT2D eigenvalue weighted by Gasteiger charge is 2.02. The second-order valence-corrected chi connectivity index (χ2v) is 4.90. The molecule has 0 bridgehead atoms. The number of hydrogen-bond acceptors (Lipinski definition) is 3. The second-order valence-electron chi connectivity index (χ2n) is 4.90. The maximum absolute atomic E-state index is 11.4. The van der Waals surface area contributed by atoms with E-state index in [1.54, 1.807) is 7.11 Å². The molecular weight excluding hydrogens is 240 g/mol. The molecule has 4 nitrogen and oxygen atoms in total. The van der Waals surface area contributed by atoms with Gasteiger partial charge >= 0.3 is 0 Å². The lowest BCUT2D eigenvalue weighted by Gasteiger charge is -2.09. The Hall–Kier alpha value is -1.39. The highest BCUT2D eigenvalue weighted by Crippen LogP contribution is 2.05. The van der Waals surface area contributed by atoms with Crippen molar-refractivity contribution in [3.63, 3.8) is 0 Å². The monoisotopic (exact) mass is 264 g/mol. The quantitative estimate of drug-likeness (QED) is 0.704. The Bertz CT molecular complexity index is 374. The van der Waals surface area contributed by atoms with E-state index in [1.165, 1.54) is 11.1 Å². The lowest BCUT2D eigenvalue weighted by atomic mass is 10.1. The standard InChI is InChI=1S/C15H24N2O2/c1-12(2)17-15(18)8-9-16-10-13-4-6-14(7-5-13)11-19-3/h4-7,12,16H,8-11H2,1-3H3,(H,17,18). The number of carbonyl (C=O) groups is 1. The van der Waals surface area contributed by atoms with Crippen LogP contribution in [0.5, 0.6) is 0 Å². The van der Waals surface area contributed by atoms with Crippen LogP contribution >= 0.6 is 0 Å². The Labute approximate surface area is 115 Å². The third-order valence-corrected chi connectivity index (χ3v) is 2.64. The third-order valence-electron chi connectivity index (χ3n) is 2.64. The lowest BCUT2D eigenvalue weighted by molar-refractivity contribution is -0.121. The Balaban J connectivity index is 2.20. The molecule has 1 rings (SSSR count). The number of nitrogens with one attached hydrogen (secondary N) is 2. The molecule has 1 aromatic rings. The maximum Gasteiger partial charge on any atom is 0.221 e. The largest absolute Gasteiger partial charge is 0.380 e. The number of ether oxygens (including phenoxy) is 1. The smallest absolute Gasteiger partial charge is 0.221 e. The summed E-state index contributed by atoms with van der Waals surface area (Å²) in [5, 5.41) is 6.14. The molecule has 1 aromatic carbocycles. The summed E-state index contributed by atoms with van der Waals surface area (Å²) in [5.74, 6) is 0.0953. The first-order valence-corrected chi connectivity index (χ1v) is 6.68. The molecule has 0 unspecified atom stereocenters. The van der Waals surface area contributed by atoms with Crippen molar-refractivity contribution in [2.45, 2.75) is 39.5 Å². The number of rotatable bonds is 8. The zero-order valence-corrected chi connectivity index (χ0v) is 12.0. The fourth-order valence-corrected chi connectivity index (χ4v) is 1.75. The second kappa shape index (κ2) is 8.67. The van der Waals surface area contributed by atoms with Gasteiger partial charge in [-0.15, -0.1) is 0 Å². The van der Waals surface area contributed by atoms with E-state index >= 15 is 0 Å². The van der Waals surface area contributed by atoms with Crippen LogP contribution in [-0.4, -0.2) is 25.6 Å². The summed E-state index contributed by atoms with van der Waals surface area (Å²) >= 11 is 0. The molecular formula is C15H24N2O2. The van der Waals surface area contributed by atoms with Gasteiger partial charge < -0.3 is 15.4 Å². The number of hydrogen-bond donors (Lipinski definition) is 2. The zero-order chi connectivity index (χ0) is 14.1.